The van der Waals surface area contributed by atoms with Gasteiger partial charge in [0.1, 0.15) is 12.6 Å². The minimum atomic E-state index is -1.07. The van der Waals surface area contributed by atoms with Crippen LogP contribution in [0, 0.1) is 0 Å². The molecule has 2 atom stereocenters. The average molecular weight is 320 g/mol. The molecule has 1 heterocycles. The highest BCUT2D eigenvalue weighted by Gasteiger charge is 2.29. The van der Waals surface area contributed by atoms with Crippen molar-refractivity contribution in [1.82, 2.24) is 10.2 Å². The first-order valence-corrected chi connectivity index (χ1v) is 7.95. The Balaban J connectivity index is 1.89. The summed E-state index contributed by atoms with van der Waals surface area (Å²) in [6.07, 6.45) is 0.690. The van der Waals surface area contributed by atoms with E-state index in [0.717, 1.165) is 12.8 Å². The third-order valence-electron chi connectivity index (χ3n) is 4.32. The van der Waals surface area contributed by atoms with E-state index in [1.54, 1.807) is 4.90 Å². The summed E-state index contributed by atoms with van der Waals surface area (Å²) in [6, 6.07) is 8.78. The van der Waals surface area contributed by atoms with Gasteiger partial charge in [-0.25, -0.2) is 4.79 Å². The van der Waals surface area contributed by atoms with Gasteiger partial charge in [0.15, 0.2) is 5.78 Å². The molecule has 2 amide bonds. The van der Waals surface area contributed by atoms with Crippen LogP contribution in [0.2, 0.25) is 0 Å². The molecule has 6 heteroatoms. The summed E-state index contributed by atoms with van der Waals surface area (Å²) >= 11 is 0. The number of hydrogen-bond donors (Lipinski definition) is 3. The maximum Gasteiger partial charge on any atom is 0.318 e. The largest absolute Gasteiger partial charge is 0.391 e. The number of aliphatic hydroxyl groups excluding tert-OH is 2. The SMILES string of the molecule is C[C@@H](O)[C@H](NC(=O)N1CCC(c2ccccc2)CC1)C(=O)CO. The molecule has 6 nitrogen and oxygen atoms in total. The molecule has 2 rings (SSSR count). The molecule has 0 spiro atoms. The topological polar surface area (TPSA) is 89.9 Å². The summed E-state index contributed by atoms with van der Waals surface area (Å²) in [4.78, 5) is 25.5. The van der Waals surface area contributed by atoms with Gasteiger partial charge in [-0.05, 0) is 31.2 Å². The number of nitrogens with zero attached hydrogens (tertiary/aromatic N) is 1. The number of piperidine rings is 1. The second-order valence-corrected chi connectivity index (χ2v) is 5.96. The number of nitrogens with one attached hydrogen (secondary N) is 1. The van der Waals surface area contributed by atoms with Crippen LogP contribution in [0.15, 0.2) is 30.3 Å². The summed E-state index contributed by atoms with van der Waals surface area (Å²) in [6.45, 7) is 1.92. The van der Waals surface area contributed by atoms with Gasteiger partial charge in [-0.2, -0.15) is 0 Å². The highest BCUT2D eigenvalue weighted by molar-refractivity contribution is 5.89. The normalized spacial score (nSPS) is 18.3. The van der Waals surface area contributed by atoms with Crippen LogP contribution in [-0.4, -0.2) is 58.8 Å². The van der Waals surface area contributed by atoms with Crippen molar-refractivity contribution in [1.29, 1.82) is 0 Å². The first-order valence-electron chi connectivity index (χ1n) is 7.95. The predicted octanol–water partition coefficient (Wildman–Crippen LogP) is 0.886. The van der Waals surface area contributed by atoms with E-state index in [1.807, 2.05) is 18.2 Å². The number of carbonyl (C=O) groups excluding carboxylic acids is 2. The number of ketones is 1. The van der Waals surface area contributed by atoms with Crippen molar-refractivity contribution in [2.24, 2.45) is 0 Å². The zero-order valence-corrected chi connectivity index (χ0v) is 13.3. The zero-order chi connectivity index (χ0) is 16.8. The second kappa shape index (κ2) is 8.08. The van der Waals surface area contributed by atoms with E-state index >= 15 is 0 Å². The van der Waals surface area contributed by atoms with E-state index in [4.69, 9.17) is 5.11 Å². The number of Topliss-reactive ketones (excluding diaryl/α,β-unsaturated/α-hetero) is 1. The molecule has 0 aliphatic carbocycles. The number of benzene rings is 1. The highest BCUT2D eigenvalue weighted by Crippen LogP contribution is 2.27. The molecule has 1 aromatic rings. The molecule has 23 heavy (non-hydrogen) atoms. The lowest BCUT2D eigenvalue weighted by molar-refractivity contribution is -0.125. The van der Waals surface area contributed by atoms with E-state index in [-0.39, 0.29) is 6.03 Å². The Morgan fingerprint density at radius 1 is 1.26 bits per heavy atom. The van der Waals surface area contributed by atoms with Gasteiger partial charge in [-0.1, -0.05) is 30.3 Å². The second-order valence-electron chi connectivity index (χ2n) is 5.96. The minimum Gasteiger partial charge on any atom is -0.391 e. The van der Waals surface area contributed by atoms with Gasteiger partial charge in [0.25, 0.3) is 0 Å². The first-order chi connectivity index (χ1) is 11.0. The lowest BCUT2D eigenvalue weighted by atomic mass is 9.89. The van der Waals surface area contributed by atoms with Crippen LogP contribution < -0.4 is 5.32 Å². The van der Waals surface area contributed by atoms with Gasteiger partial charge in [0.05, 0.1) is 6.10 Å². The maximum atomic E-state index is 12.2. The standard InChI is InChI=1S/C17H24N2O4/c1-12(21)16(15(22)11-20)18-17(23)19-9-7-14(8-10-19)13-5-3-2-4-6-13/h2-6,12,14,16,20-21H,7-11H2,1H3,(H,18,23)/t12-,16+/m1/s1. The Kier molecular flexibility index (Phi) is 6.12. The summed E-state index contributed by atoms with van der Waals surface area (Å²) < 4.78 is 0. The van der Waals surface area contributed by atoms with E-state index in [9.17, 15) is 14.7 Å². The van der Waals surface area contributed by atoms with Gasteiger partial charge in [-0.3, -0.25) is 4.79 Å². The number of urea groups is 1. The maximum absolute atomic E-state index is 12.2. The van der Waals surface area contributed by atoms with Gasteiger partial charge in [0.2, 0.25) is 0 Å². The van der Waals surface area contributed by atoms with Gasteiger partial charge >= 0.3 is 6.03 Å². The molecule has 1 aliphatic rings. The predicted molar refractivity (Wildman–Crippen MR) is 86.1 cm³/mol. The van der Waals surface area contributed by atoms with Crippen LogP contribution in [0.4, 0.5) is 4.79 Å². The number of aliphatic hydroxyl groups is 2. The fraction of sp³-hybridized carbons (Fsp3) is 0.529. The molecule has 1 saturated heterocycles. The van der Waals surface area contributed by atoms with Gasteiger partial charge in [-0.15, -0.1) is 0 Å². The summed E-state index contributed by atoms with van der Waals surface area (Å²) in [7, 11) is 0. The van der Waals surface area contributed by atoms with Gasteiger partial charge in [0, 0.05) is 13.1 Å². The van der Waals surface area contributed by atoms with E-state index in [0.29, 0.717) is 19.0 Å². The summed E-state index contributed by atoms with van der Waals surface area (Å²) in [5, 5.41) is 21.0. The molecule has 0 saturated carbocycles. The minimum absolute atomic E-state index is 0.371. The first kappa shape index (κ1) is 17.4. The molecule has 0 bridgehead atoms. The van der Waals surface area contributed by atoms with E-state index < -0.39 is 24.5 Å². The van der Waals surface area contributed by atoms with Crippen molar-refractivity contribution in [2.75, 3.05) is 19.7 Å². The highest BCUT2D eigenvalue weighted by atomic mass is 16.3. The number of carbonyl (C=O) groups is 2. The fourth-order valence-electron chi connectivity index (χ4n) is 2.93. The lowest BCUT2D eigenvalue weighted by Crippen LogP contribution is -2.54. The average Bonchev–Trinajstić information content (AvgIpc) is 2.59. The van der Waals surface area contributed by atoms with Crippen molar-refractivity contribution in [3.8, 4) is 0 Å². The molecule has 1 aliphatic heterocycles. The Morgan fingerprint density at radius 2 is 1.87 bits per heavy atom. The fourth-order valence-corrected chi connectivity index (χ4v) is 2.93. The Bertz CT molecular complexity index is 525. The molecule has 1 fully saturated rings. The number of amides is 2. The van der Waals surface area contributed by atoms with Crippen LogP contribution in [0.25, 0.3) is 0 Å². The smallest absolute Gasteiger partial charge is 0.318 e. The molecule has 126 valence electrons. The van der Waals surface area contributed by atoms with Crippen molar-refractivity contribution >= 4 is 11.8 Å². The van der Waals surface area contributed by atoms with E-state index in [1.165, 1.54) is 12.5 Å². The molecule has 1 aromatic carbocycles. The zero-order valence-electron chi connectivity index (χ0n) is 13.3. The van der Waals surface area contributed by atoms with Crippen LogP contribution in [0.5, 0.6) is 0 Å². The molecule has 0 radical (unpaired) electrons. The third kappa shape index (κ3) is 4.53. The van der Waals surface area contributed by atoms with Crippen molar-refractivity contribution in [3.63, 3.8) is 0 Å². The molecule has 0 unspecified atom stereocenters. The lowest BCUT2D eigenvalue weighted by Gasteiger charge is -2.33. The van der Waals surface area contributed by atoms with Crippen molar-refractivity contribution in [2.45, 2.75) is 37.8 Å². The molecular weight excluding hydrogens is 296 g/mol. The van der Waals surface area contributed by atoms with Crippen molar-refractivity contribution < 1.29 is 19.8 Å². The summed E-state index contributed by atoms with van der Waals surface area (Å²) in [5.74, 6) is -0.153. The van der Waals surface area contributed by atoms with Crippen LogP contribution in [-0.2, 0) is 4.79 Å². The Hall–Kier alpha value is -1.92. The number of likely N-dealkylation sites (tertiary alicyclic amines) is 1. The summed E-state index contributed by atoms with van der Waals surface area (Å²) in [5.41, 5.74) is 1.28. The number of hydrogen-bond acceptors (Lipinski definition) is 4. The Morgan fingerprint density at radius 3 is 2.39 bits per heavy atom. The number of rotatable bonds is 5. The molecular formula is C17H24N2O4. The Labute approximate surface area is 136 Å². The van der Waals surface area contributed by atoms with Crippen LogP contribution in [0.1, 0.15) is 31.2 Å². The third-order valence-corrected chi connectivity index (χ3v) is 4.32. The molecule has 3 N–H and O–H groups in total. The van der Waals surface area contributed by atoms with Crippen LogP contribution in [0.3, 0.4) is 0 Å². The quantitative estimate of drug-likeness (QED) is 0.751. The van der Waals surface area contributed by atoms with Gasteiger partial charge < -0.3 is 20.4 Å². The molecule has 0 aromatic heterocycles. The van der Waals surface area contributed by atoms with Crippen LogP contribution >= 0.6 is 0 Å². The van der Waals surface area contributed by atoms with E-state index in [2.05, 4.69) is 17.4 Å². The monoisotopic (exact) mass is 320 g/mol. The van der Waals surface area contributed by atoms with Crippen molar-refractivity contribution in [3.05, 3.63) is 35.9 Å².